The molecule has 20 atom stereocenters. The zero-order valence-corrected chi connectivity index (χ0v) is 51.4. The predicted octanol–water partition coefficient (Wildman–Crippen LogP) is -0.621. The van der Waals surface area contributed by atoms with Gasteiger partial charge in [-0.2, -0.15) is 0 Å². The summed E-state index contributed by atoms with van der Waals surface area (Å²) in [5.41, 5.74) is 20.7. The van der Waals surface area contributed by atoms with Crippen LogP contribution in [0.5, 0.6) is 0 Å². The van der Waals surface area contributed by atoms with Crippen LogP contribution >= 0.6 is 39.2 Å². The standard InChI is InChI=1S/C21H25N9O10P2S2.C20H24N10O10P2S2.CH4/c1-8-11-18(25-4-23-8)29(6-27-11)20-13(31)15-9(37-20)2-35-42(34,44)40-16-10(3-36-41(33,43)39-15)38-21(14(16)32)30-7-28-12-17(22)24-5-26-19(12)30;21-15-9-17(25-3-23-15)29(5-27-9)19-11(31)13-7(37-19)1-35-41(33,43)40-14-8(2-36-42(34,44)39-13)38-20(12(14)32)30-6-28-10-16(22)24-4-26-18(10)30;/h4-7,9-10,13-16,20-21,31-32H,2-3H2,1H3,(H,33,43)(H,34,44)(H2,22,24,26);3-8,11-14,19-20,31-32H,1-2H2,(H,33,43)(H,34,44)(H2,21,23,25)(H2,22,24,26);1H4/t9-,10-,13-,14-,15-,16-,20-,21-,41?,42?;7-,8-,11-,12-,13-,14-,19-,20-,41?,42?;/m00./s1. The number of nitrogens with two attached hydrogens (primary N) is 3. The van der Waals surface area contributed by atoms with Gasteiger partial charge in [0.25, 0.3) is 0 Å². The molecule has 0 saturated carbocycles. The van der Waals surface area contributed by atoms with Gasteiger partial charge in [-0.05, 0) is 42.3 Å². The maximum Gasteiger partial charge on any atom is 0.386 e. The number of aromatic nitrogens is 16. The van der Waals surface area contributed by atoms with Crippen molar-refractivity contribution in [3.63, 3.8) is 0 Å². The summed E-state index contributed by atoms with van der Waals surface area (Å²) in [6, 6.07) is 0. The summed E-state index contributed by atoms with van der Waals surface area (Å²) in [5.74, 6) is 0.336. The Labute approximate surface area is 519 Å². The van der Waals surface area contributed by atoms with Crippen LogP contribution < -0.4 is 17.2 Å². The molecule has 0 bridgehead atoms. The Kier molecular flexibility index (Phi) is 17.9. The molecule has 6 fully saturated rings. The molecule has 89 heavy (non-hydrogen) atoms. The number of hydrogen-bond acceptors (Lipinski definition) is 35. The summed E-state index contributed by atoms with van der Waals surface area (Å²) in [4.78, 5) is 82.4. The lowest BCUT2D eigenvalue weighted by Gasteiger charge is -2.30. The molecule has 0 radical (unpaired) electrons. The molecule has 0 amide bonds. The number of aryl methyl sites for hydroxylation is 1. The first-order valence-electron chi connectivity index (χ1n) is 25.7. The van der Waals surface area contributed by atoms with Gasteiger partial charge in [-0.1, -0.05) is 19.7 Å². The monoisotopic (exact) mass is 1400 g/mol. The van der Waals surface area contributed by atoms with E-state index in [1.165, 1.54) is 68.9 Å². The highest BCUT2D eigenvalue weighted by molar-refractivity contribution is 8.44. The second kappa shape index (κ2) is 24.7. The maximum absolute atomic E-state index is 13.4. The van der Waals surface area contributed by atoms with Crippen LogP contribution in [0.3, 0.4) is 0 Å². The van der Waals surface area contributed by atoms with Crippen LogP contribution in [0.1, 0.15) is 38.0 Å². The van der Waals surface area contributed by atoms with Crippen LogP contribution in [0, 0.1) is 6.92 Å². The number of imidazole rings is 4. The topological polar surface area (TPSA) is 522 Å². The number of hydrogen-bond donors (Lipinski definition) is 11. The van der Waals surface area contributed by atoms with Gasteiger partial charge < -0.3 is 84.8 Å². The predicted molar refractivity (Wildman–Crippen MR) is 315 cm³/mol. The van der Waals surface area contributed by atoms with E-state index in [1.54, 1.807) is 6.92 Å². The molecule has 39 nitrogen and oxygen atoms in total. The molecule has 0 spiro atoms. The molecular weight excluding hydrogens is 1340 g/mol. The summed E-state index contributed by atoms with van der Waals surface area (Å²) in [6.45, 7) is -16.8. The smallest absolute Gasteiger partial charge is 0.386 e. The minimum Gasteiger partial charge on any atom is -0.386 e. The van der Waals surface area contributed by atoms with Gasteiger partial charge in [-0.15, -0.1) is 0 Å². The molecule has 14 heterocycles. The number of aliphatic hydroxyl groups is 4. The molecule has 6 aliphatic rings. The first-order chi connectivity index (χ1) is 41.8. The summed E-state index contributed by atoms with van der Waals surface area (Å²) >= 11 is 19.8. The molecular formula is C42H53N19O20P4S4. The lowest BCUT2D eigenvalue weighted by Crippen LogP contribution is -2.39. The number of thiol groups is 1. The number of rotatable bonds is 4. The summed E-state index contributed by atoms with van der Waals surface area (Å²) in [6.07, 6.45) is -10.0. The van der Waals surface area contributed by atoms with E-state index in [-0.39, 0.29) is 58.4 Å². The fraction of sp³-hybridized carbons (Fsp3) is 0.524. The quantitative estimate of drug-likeness (QED) is 0.0772. The van der Waals surface area contributed by atoms with Crippen molar-refractivity contribution >= 4 is 137 Å². The van der Waals surface area contributed by atoms with Gasteiger partial charge in [0.1, 0.15) is 121 Å². The number of fused-ring (bicyclic) bond motifs is 8. The second-order valence-corrected chi connectivity index (χ2v) is 31.3. The van der Waals surface area contributed by atoms with E-state index in [0.29, 0.717) is 16.9 Å². The molecule has 47 heteroatoms. The molecule has 6 saturated heterocycles. The zero-order chi connectivity index (χ0) is 61.9. The van der Waals surface area contributed by atoms with Crippen molar-refractivity contribution in [2.45, 2.75) is 113 Å². The van der Waals surface area contributed by atoms with Crippen LogP contribution in [0.2, 0.25) is 0 Å². The maximum atomic E-state index is 13.4. The number of ether oxygens (including phenoxy) is 4. The van der Waals surface area contributed by atoms with Crippen molar-refractivity contribution < 1.29 is 94.8 Å². The molecule has 6 aliphatic heterocycles. The lowest BCUT2D eigenvalue weighted by atomic mass is 10.1. The Balaban J connectivity index is 0.000000171. The highest BCUT2D eigenvalue weighted by Gasteiger charge is 2.55. The van der Waals surface area contributed by atoms with Gasteiger partial charge in [0.15, 0.2) is 65.0 Å². The molecule has 0 aromatic carbocycles. The van der Waals surface area contributed by atoms with E-state index in [9.17, 15) is 39.7 Å². The molecule has 480 valence electrons. The fourth-order valence-corrected chi connectivity index (χ4v) is 16.4. The average Bonchev–Trinajstić information content (AvgIpc) is 1.66. The SMILES string of the molecule is C.Cc1ncnc2c1ncn2[C@H]1O[C@H]2COP(O)(=S)O[C@@H]3[C@H](O)[C@@H](n4cnc5c(N)ncnc54)O[C@H]3COP(=O)(S)O[C@@H]2[C@@H]1O.Nc1ncnc2c1ncn2[C@H]1O[C@H]2COP(O)(=S)O[C@@H]3[C@H](O)[C@@H](n4cnc5c(N)ncnc54)O[C@H]3COP(O)(=S)O[C@@H]2[C@@H]1O. The van der Waals surface area contributed by atoms with Crippen molar-refractivity contribution in [3.8, 4) is 0 Å². The zero-order valence-electron chi connectivity index (χ0n) is 44.5. The van der Waals surface area contributed by atoms with Crippen LogP contribution in [-0.4, -0.2) is 213 Å². The third-order valence-electron chi connectivity index (χ3n) is 14.7. The van der Waals surface area contributed by atoms with Crippen LogP contribution in [-0.2, 0) is 95.1 Å². The van der Waals surface area contributed by atoms with Gasteiger partial charge in [0.2, 0.25) is 0 Å². The van der Waals surface area contributed by atoms with Crippen molar-refractivity contribution in [1.82, 2.24) is 78.1 Å². The minimum atomic E-state index is -4.24. The number of nitrogens with zero attached hydrogens (tertiary/aromatic N) is 16. The Hall–Kier alpha value is -4.63. The number of anilines is 3. The normalized spacial score (nSPS) is 37.9. The Bertz CT molecular complexity index is 3660. The van der Waals surface area contributed by atoms with Gasteiger partial charge in [-0.3, -0.25) is 40.9 Å². The van der Waals surface area contributed by atoms with E-state index < -0.39 is 152 Å². The summed E-state index contributed by atoms with van der Waals surface area (Å²) in [5, 5.41) is 45.1. The third-order valence-corrected chi connectivity index (χ3v) is 21.0. The lowest BCUT2D eigenvalue weighted by molar-refractivity contribution is -0.0593. The van der Waals surface area contributed by atoms with Crippen LogP contribution in [0.4, 0.5) is 17.5 Å². The van der Waals surface area contributed by atoms with Gasteiger partial charge >= 0.3 is 27.0 Å². The van der Waals surface area contributed by atoms with Gasteiger partial charge in [-0.25, -0.2) is 64.4 Å². The molecule has 13 N–H and O–H groups in total. The highest BCUT2D eigenvalue weighted by Crippen LogP contribution is 2.59. The largest absolute Gasteiger partial charge is 0.386 e. The van der Waals surface area contributed by atoms with E-state index in [0.717, 1.165) is 0 Å². The van der Waals surface area contributed by atoms with Crippen molar-refractivity contribution in [1.29, 1.82) is 0 Å². The number of nitrogen functional groups attached to an aromatic ring is 3. The van der Waals surface area contributed by atoms with Crippen molar-refractivity contribution in [2.75, 3.05) is 43.6 Å². The van der Waals surface area contributed by atoms with Crippen LogP contribution in [0.25, 0.3) is 44.7 Å². The summed E-state index contributed by atoms with van der Waals surface area (Å²) < 4.78 is 88.3. The first-order valence-corrected chi connectivity index (χ1v) is 36.2. The van der Waals surface area contributed by atoms with Crippen LogP contribution in [0.15, 0.2) is 50.6 Å². The first kappa shape index (κ1) is 64.5. The van der Waals surface area contributed by atoms with E-state index in [1.807, 2.05) is 0 Å². The molecule has 0 aliphatic carbocycles. The second-order valence-electron chi connectivity index (χ2n) is 20.1. The number of aliphatic hydroxyl groups excluding tert-OH is 4. The molecule has 8 aromatic heterocycles. The fourth-order valence-electron chi connectivity index (χ4n) is 10.6. The average molecular weight is 1400 g/mol. The summed E-state index contributed by atoms with van der Waals surface area (Å²) in [7, 11) is 0. The third kappa shape index (κ3) is 12.4. The Morgan fingerprint density at radius 1 is 0.449 bits per heavy atom. The van der Waals surface area contributed by atoms with Gasteiger partial charge in [0, 0.05) is 0 Å². The molecule has 14 rings (SSSR count). The Morgan fingerprint density at radius 2 is 0.719 bits per heavy atom. The van der Waals surface area contributed by atoms with E-state index >= 15 is 0 Å². The van der Waals surface area contributed by atoms with Crippen molar-refractivity contribution in [2.24, 2.45) is 0 Å². The molecule has 4 unspecified atom stereocenters. The Morgan fingerprint density at radius 3 is 1.04 bits per heavy atom. The minimum absolute atomic E-state index is 0. The van der Waals surface area contributed by atoms with E-state index in [4.69, 9.17) is 108 Å². The highest BCUT2D eigenvalue weighted by atomic mass is 32.7. The molecule has 8 aromatic rings. The van der Waals surface area contributed by atoms with E-state index in [2.05, 4.69) is 72.1 Å². The van der Waals surface area contributed by atoms with Crippen molar-refractivity contribution in [3.05, 3.63) is 56.3 Å². The van der Waals surface area contributed by atoms with Gasteiger partial charge in [0.05, 0.1) is 57.4 Å².